The van der Waals surface area contributed by atoms with Gasteiger partial charge in [0.1, 0.15) is 23.9 Å². The zero-order valence-corrected chi connectivity index (χ0v) is 22.3. The fourth-order valence-electron chi connectivity index (χ4n) is 5.13. The summed E-state index contributed by atoms with van der Waals surface area (Å²) < 4.78 is 37.0. The van der Waals surface area contributed by atoms with Crippen molar-refractivity contribution < 1.29 is 18.3 Å². The first kappa shape index (κ1) is 26.3. The molecule has 2 aliphatic rings. The topological polar surface area (TPSA) is 87.5 Å². The monoisotopic (exact) mass is 547 g/mol. The Hall–Kier alpha value is -3.93. The van der Waals surface area contributed by atoms with Crippen LogP contribution in [-0.2, 0) is 22.6 Å². The van der Waals surface area contributed by atoms with Crippen LogP contribution in [0.3, 0.4) is 0 Å². The summed E-state index contributed by atoms with van der Waals surface area (Å²) in [6, 6.07) is 10.5. The van der Waals surface area contributed by atoms with E-state index >= 15 is 8.78 Å². The van der Waals surface area contributed by atoms with Gasteiger partial charge in [-0.2, -0.15) is 4.98 Å². The van der Waals surface area contributed by atoms with Gasteiger partial charge in [-0.25, -0.2) is 13.8 Å². The fraction of sp³-hybridized carbons (Fsp3) is 0.345. The Kier molecular flexibility index (Phi) is 7.42. The summed E-state index contributed by atoms with van der Waals surface area (Å²) in [6.45, 7) is 7.43. The molecule has 2 fully saturated rings. The van der Waals surface area contributed by atoms with Gasteiger partial charge in [-0.1, -0.05) is 6.07 Å². The van der Waals surface area contributed by atoms with Crippen molar-refractivity contribution in [3.63, 3.8) is 0 Å². The molecule has 2 saturated heterocycles. The molecule has 4 aromatic rings. The average molecular weight is 548 g/mol. The number of aryl methyl sites for hydroxylation is 1. The van der Waals surface area contributed by atoms with E-state index in [4.69, 9.17) is 4.74 Å². The standard InChI is InChI=1S/C29H31F2N7O2/c1-19-2-3-22(12-21(19)16-36-8-5-32-6-9-36)34-29-33-15-20-4-7-38(28(20)35-29)23-13-25(30)24(26(31)14-23)17-37-10-11-40-18-27(37)39/h2-4,7,12-15,32H,5-6,8-11,16-18H2,1H3,(H,33,34,35). The second kappa shape index (κ2) is 11.3. The van der Waals surface area contributed by atoms with Gasteiger partial charge in [0.25, 0.3) is 0 Å². The molecule has 40 heavy (non-hydrogen) atoms. The number of carbonyl (C=O) groups is 1. The average Bonchev–Trinajstić information content (AvgIpc) is 3.37. The molecular weight excluding hydrogens is 516 g/mol. The van der Waals surface area contributed by atoms with Crippen LogP contribution in [0.1, 0.15) is 16.7 Å². The molecule has 0 radical (unpaired) electrons. The van der Waals surface area contributed by atoms with Crippen molar-refractivity contribution in [2.75, 3.05) is 51.3 Å². The maximum atomic E-state index is 15.1. The second-order valence-corrected chi connectivity index (χ2v) is 10.2. The number of nitrogens with zero attached hydrogens (tertiary/aromatic N) is 5. The molecule has 4 heterocycles. The summed E-state index contributed by atoms with van der Waals surface area (Å²) in [4.78, 5) is 25.0. The van der Waals surface area contributed by atoms with Crippen LogP contribution >= 0.6 is 0 Å². The second-order valence-electron chi connectivity index (χ2n) is 10.2. The van der Waals surface area contributed by atoms with Gasteiger partial charge < -0.3 is 24.8 Å². The lowest BCUT2D eigenvalue weighted by Gasteiger charge is -2.28. The summed E-state index contributed by atoms with van der Waals surface area (Å²) in [6.07, 6.45) is 3.39. The third-order valence-corrected chi connectivity index (χ3v) is 7.47. The normalized spacial score (nSPS) is 16.6. The van der Waals surface area contributed by atoms with Gasteiger partial charge in [0, 0.05) is 68.3 Å². The highest BCUT2D eigenvalue weighted by Crippen LogP contribution is 2.26. The Balaban J connectivity index is 1.24. The van der Waals surface area contributed by atoms with Crippen LogP contribution in [-0.4, -0.2) is 76.2 Å². The van der Waals surface area contributed by atoms with Crippen LogP contribution in [0.25, 0.3) is 16.7 Å². The quantitative estimate of drug-likeness (QED) is 0.366. The Morgan fingerprint density at radius 1 is 1.05 bits per heavy atom. The minimum atomic E-state index is -0.722. The largest absolute Gasteiger partial charge is 0.370 e. The first-order chi connectivity index (χ1) is 19.4. The Morgan fingerprint density at radius 2 is 1.85 bits per heavy atom. The molecule has 2 aromatic carbocycles. The number of anilines is 2. The molecule has 208 valence electrons. The Bertz CT molecular complexity index is 1530. The molecular formula is C29H31F2N7O2. The zero-order valence-electron chi connectivity index (χ0n) is 22.3. The van der Waals surface area contributed by atoms with Gasteiger partial charge in [-0.15, -0.1) is 0 Å². The highest BCUT2D eigenvalue weighted by molar-refractivity contribution is 5.79. The number of morpholine rings is 1. The summed E-state index contributed by atoms with van der Waals surface area (Å²) in [7, 11) is 0. The number of rotatable bonds is 7. The van der Waals surface area contributed by atoms with Gasteiger partial charge in [-0.3, -0.25) is 9.69 Å². The maximum Gasteiger partial charge on any atom is 0.248 e. The van der Waals surface area contributed by atoms with Gasteiger partial charge >= 0.3 is 0 Å². The van der Waals surface area contributed by atoms with Crippen LogP contribution in [0.5, 0.6) is 0 Å². The number of ether oxygens (including phenoxy) is 1. The summed E-state index contributed by atoms with van der Waals surface area (Å²) in [5, 5.41) is 7.40. The van der Waals surface area contributed by atoms with Crippen molar-refractivity contribution >= 4 is 28.6 Å². The molecule has 0 bridgehead atoms. The Morgan fingerprint density at radius 3 is 2.62 bits per heavy atom. The predicted octanol–water partition coefficient (Wildman–Crippen LogP) is 3.51. The number of aromatic nitrogens is 3. The third-order valence-electron chi connectivity index (χ3n) is 7.47. The van der Waals surface area contributed by atoms with E-state index in [9.17, 15) is 4.79 Å². The highest BCUT2D eigenvalue weighted by atomic mass is 19.1. The molecule has 0 unspecified atom stereocenters. The number of piperazine rings is 1. The van der Waals surface area contributed by atoms with Gasteiger partial charge in [-0.05, 0) is 48.4 Å². The van der Waals surface area contributed by atoms with E-state index in [2.05, 4.69) is 44.6 Å². The summed E-state index contributed by atoms with van der Waals surface area (Å²) in [5.74, 6) is -1.35. The highest BCUT2D eigenvalue weighted by Gasteiger charge is 2.23. The minimum absolute atomic E-state index is 0.0766. The van der Waals surface area contributed by atoms with E-state index in [0.29, 0.717) is 30.4 Å². The molecule has 0 saturated carbocycles. The lowest BCUT2D eigenvalue weighted by molar-refractivity contribution is -0.143. The van der Waals surface area contributed by atoms with E-state index in [1.54, 1.807) is 23.0 Å². The zero-order chi connectivity index (χ0) is 27.6. The fourth-order valence-corrected chi connectivity index (χ4v) is 5.13. The van der Waals surface area contributed by atoms with Crippen LogP contribution in [0.15, 0.2) is 48.8 Å². The van der Waals surface area contributed by atoms with Gasteiger partial charge in [0.05, 0.1) is 18.8 Å². The first-order valence-electron chi connectivity index (χ1n) is 13.4. The number of fused-ring (bicyclic) bond motifs is 1. The molecule has 11 heteroatoms. The van der Waals surface area contributed by atoms with Crippen molar-refractivity contribution in [3.05, 3.63) is 77.1 Å². The van der Waals surface area contributed by atoms with Crippen LogP contribution in [0.2, 0.25) is 0 Å². The van der Waals surface area contributed by atoms with Crippen molar-refractivity contribution in [1.82, 2.24) is 29.7 Å². The molecule has 2 N–H and O–H groups in total. The molecule has 2 aromatic heterocycles. The smallest absolute Gasteiger partial charge is 0.248 e. The van der Waals surface area contributed by atoms with Crippen molar-refractivity contribution in [2.45, 2.75) is 20.0 Å². The molecule has 0 aliphatic carbocycles. The summed E-state index contributed by atoms with van der Waals surface area (Å²) >= 11 is 0. The number of amides is 1. The van der Waals surface area contributed by atoms with E-state index in [1.807, 2.05) is 6.07 Å². The van der Waals surface area contributed by atoms with Gasteiger partial charge in [0.2, 0.25) is 11.9 Å². The van der Waals surface area contributed by atoms with Crippen molar-refractivity contribution in [1.29, 1.82) is 0 Å². The van der Waals surface area contributed by atoms with Crippen molar-refractivity contribution in [3.8, 4) is 5.69 Å². The third kappa shape index (κ3) is 5.53. The van der Waals surface area contributed by atoms with Crippen LogP contribution in [0.4, 0.5) is 20.4 Å². The first-order valence-corrected chi connectivity index (χ1v) is 13.4. The predicted molar refractivity (Wildman–Crippen MR) is 148 cm³/mol. The lowest BCUT2D eigenvalue weighted by atomic mass is 10.1. The van der Waals surface area contributed by atoms with E-state index in [0.717, 1.165) is 43.8 Å². The van der Waals surface area contributed by atoms with Crippen LogP contribution < -0.4 is 10.6 Å². The molecule has 2 aliphatic heterocycles. The number of carbonyl (C=O) groups excluding carboxylic acids is 1. The van der Waals surface area contributed by atoms with E-state index < -0.39 is 11.6 Å². The number of hydrogen-bond acceptors (Lipinski definition) is 7. The van der Waals surface area contributed by atoms with E-state index in [1.165, 1.54) is 28.2 Å². The Labute approximate surface area is 230 Å². The number of halogens is 2. The lowest BCUT2D eigenvalue weighted by Crippen LogP contribution is -2.43. The molecule has 0 atom stereocenters. The molecule has 6 rings (SSSR count). The van der Waals surface area contributed by atoms with E-state index in [-0.39, 0.29) is 24.6 Å². The SMILES string of the molecule is Cc1ccc(Nc2ncc3ccn(-c4cc(F)c(CN5CCOCC5=O)c(F)c4)c3n2)cc1CN1CCNCC1. The maximum absolute atomic E-state index is 15.1. The summed E-state index contributed by atoms with van der Waals surface area (Å²) in [5.41, 5.74) is 3.98. The van der Waals surface area contributed by atoms with Gasteiger partial charge in [0.15, 0.2) is 0 Å². The number of hydrogen-bond donors (Lipinski definition) is 2. The molecule has 0 spiro atoms. The minimum Gasteiger partial charge on any atom is -0.370 e. The number of nitrogens with one attached hydrogen (secondary N) is 2. The van der Waals surface area contributed by atoms with Crippen molar-refractivity contribution in [2.24, 2.45) is 0 Å². The van der Waals surface area contributed by atoms with Crippen LogP contribution in [0, 0.1) is 18.6 Å². The molecule has 9 nitrogen and oxygen atoms in total. The number of benzene rings is 2. The molecule has 1 amide bonds.